The van der Waals surface area contributed by atoms with Crippen LogP contribution in [-0.2, 0) is 16.1 Å². The number of thioether (sulfide) groups is 1. The SMILES string of the molecule is CNC(=O)[C@@H](C)N(Cc1cccc(C)c1)C(=O)CCSc1ccc(C)cc1. The second-order valence-corrected chi connectivity index (χ2v) is 7.88. The fourth-order valence-electron chi connectivity index (χ4n) is 2.83. The van der Waals surface area contributed by atoms with Crippen molar-refractivity contribution in [2.24, 2.45) is 0 Å². The molecule has 5 heteroatoms. The van der Waals surface area contributed by atoms with Crippen molar-refractivity contribution in [3.05, 3.63) is 65.2 Å². The lowest BCUT2D eigenvalue weighted by Gasteiger charge is -2.28. The number of hydrogen-bond acceptors (Lipinski definition) is 3. The molecule has 1 N–H and O–H groups in total. The zero-order valence-corrected chi connectivity index (χ0v) is 17.3. The molecule has 0 aliphatic heterocycles. The standard InChI is InChI=1S/C22H28N2O2S/c1-16-8-10-20(11-9-16)27-13-12-21(25)24(18(3)22(26)23-4)15-19-7-5-6-17(2)14-19/h5-11,14,18H,12-13,15H2,1-4H3,(H,23,26)/t18-/m1/s1. The van der Waals surface area contributed by atoms with Crippen LogP contribution in [0.25, 0.3) is 0 Å². The van der Waals surface area contributed by atoms with E-state index in [-0.39, 0.29) is 11.8 Å². The van der Waals surface area contributed by atoms with Crippen LogP contribution in [0.2, 0.25) is 0 Å². The first-order valence-corrected chi connectivity index (χ1v) is 10.2. The Bertz CT molecular complexity index is 774. The molecule has 0 fully saturated rings. The normalized spacial score (nSPS) is 11.7. The smallest absolute Gasteiger partial charge is 0.242 e. The Morgan fingerprint density at radius 3 is 2.41 bits per heavy atom. The summed E-state index contributed by atoms with van der Waals surface area (Å²) in [5.41, 5.74) is 3.40. The highest BCUT2D eigenvalue weighted by atomic mass is 32.2. The zero-order chi connectivity index (χ0) is 19.8. The number of carbonyl (C=O) groups excluding carboxylic acids is 2. The van der Waals surface area contributed by atoms with E-state index in [0.717, 1.165) is 16.0 Å². The molecule has 2 rings (SSSR count). The summed E-state index contributed by atoms with van der Waals surface area (Å²) in [4.78, 5) is 27.8. The van der Waals surface area contributed by atoms with Gasteiger partial charge in [0.05, 0.1) is 0 Å². The van der Waals surface area contributed by atoms with Crippen LogP contribution in [0, 0.1) is 13.8 Å². The Morgan fingerprint density at radius 2 is 1.78 bits per heavy atom. The molecule has 2 aromatic carbocycles. The van der Waals surface area contributed by atoms with Crippen LogP contribution in [0.4, 0.5) is 0 Å². The number of aryl methyl sites for hydroxylation is 2. The topological polar surface area (TPSA) is 49.4 Å². The predicted molar refractivity (Wildman–Crippen MR) is 112 cm³/mol. The van der Waals surface area contributed by atoms with E-state index in [1.165, 1.54) is 5.56 Å². The van der Waals surface area contributed by atoms with E-state index in [4.69, 9.17) is 0 Å². The van der Waals surface area contributed by atoms with Gasteiger partial charge in [0.2, 0.25) is 11.8 Å². The largest absolute Gasteiger partial charge is 0.357 e. The van der Waals surface area contributed by atoms with Crippen molar-refractivity contribution in [3.63, 3.8) is 0 Å². The molecule has 0 saturated carbocycles. The van der Waals surface area contributed by atoms with Crippen molar-refractivity contribution < 1.29 is 9.59 Å². The molecule has 2 aromatic rings. The van der Waals surface area contributed by atoms with Gasteiger partial charge >= 0.3 is 0 Å². The minimum absolute atomic E-state index is 0.00721. The van der Waals surface area contributed by atoms with Gasteiger partial charge in [-0.15, -0.1) is 11.8 Å². The molecule has 144 valence electrons. The average Bonchev–Trinajstić information content (AvgIpc) is 2.66. The van der Waals surface area contributed by atoms with Crippen LogP contribution in [0.1, 0.15) is 30.0 Å². The van der Waals surface area contributed by atoms with Crippen molar-refractivity contribution in [1.29, 1.82) is 0 Å². The number of benzene rings is 2. The van der Waals surface area contributed by atoms with Crippen LogP contribution in [0.5, 0.6) is 0 Å². The first-order valence-electron chi connectivity index (χ1n) is 9.16. The van der Waals surface area contributed by atoms with Gasteiger partial charge in [0.25, 0.3) is 0 Å². The Kier molecular flexibility index (Phi) is 7.92. The Balaban J connectivity index is 2.03. The van der Waals surface area contributed by atoms with E-state index >= 15 is 0 Å². The fraction of sp³-hybridized carbons (Fsp3) is 0.364. The lowest BCUT2D eigenvalue weighted by atomic mass is 10.1. The van der Waals surface area contributed by atoms with E-state index in [9.17, 15) is 9.59 Å². The highest BCUT2D eigenvalue weighted by Gasteiger charge is 2.25. The number of amides is 2. The predicted octanol–water partition coefficient (Wildman–Crippen LogP) is 3.95. The molecule has 2 amide bonds. The maximum Gasteiger partial charge on any atom is 0.242 e. The number of rotatable bonds is 8. The summed E-state index contributed by atoms with van der Waals surface area (Å²) in [6.45, 7) is 6.29. The van der Waals surface area contributed by atoms with Crippen LogP contribution >= 0.6 is 11.8 Å². The molecule has 1 atom stereocenters. The summed E-state index contributed by atoms with van der Waals surface area (Å²) in [5.74, 6) is 0.529. The average molecular weight is 385 g/mol. The molecule has 27 heavy (non-hydrogen) atoms. The first-order chi connectivity index (χ1) is 12.9. The highest BCUT2D eigenvalue weighted by molar-refractivity contribution is 7.99. The van der Waals surface area contributed by atoms with Crippen molar-refractivity contribution >= 4 is 23.6 Å². The third kappa shape index (κ3) is 6.43. The van der Waals surface area contributed by atoms with Gasteiger partial charge < -0.3 is 10.2 Å². The summed E-state index contributed by atoms with van der Waals surface area (Å²) in [5, 5.41) is 2.65. The van der Waals surface area contributed by atoms with Crippen LogP contribution in [0.15, 0.2) is 53.4 Å². The molecular weight excluding hydrogens is 356 g/mol. The van der Waals surface area contributed by atoms with Gasteiger partial charge in [0.15, 0.2) is 0 Å². The minimum Gasteiger partial charge on any atom is -0.357 e. The fourth-order valence-corrected chi connectivity index (χ4v) is 3.67. The molecule has 0 heterocycles. The van der Waals surface area contributed by atoms with Crippen molar-refractivity contribution in [1.82, 2.24) is 10.2 Å². The Labute approximate surface area is 166 Å². The van der Waals surface area contributed by atoms with Gasteiger partial charge in [-0.1, -0.05) is 47.5 Å². The minimum atomic E-state index is -0.507. The van der Waals surface area contributed by atoms with Gasteiger partial charge in [0, 0.05) is 30.7 Å². The van der Waals surface area contributed by atoms with Crippen molar-refractivity contribution in [2.45, 2.75) is 44.7 Å². The molecule has 0 spiro atoms. The molecule has 4 nitrogen and oxygen atoms in total. The lowest BCUT2D eigenvalue weighted by molar-refractivity contribution is -0.140. The van der Waals surface area contributed by atoms with E-state index < -0.39 is 6.04 Å². The molecule has 0 radical (unpaired) electrons. The van der Waals surface area contributed by atoms with Crippen molar-refractivity contribution in [2.75, 3.05) is 12.8 Å². The van der Waals surface area contributed by atoms with E-state index in [1.807, 2.05) is 25.1 Å². The quantitative estimate of drug-likeness (QED) is 0.701. The van der Waals surface area contributed by atoms with Crippen LogP contribution < -0.4 is 5.32 Å². The monoisotopic (exact) mass is 384 g/mol. The van der Waals surface area contributed by atoms with Gasteiger partial charge in [0.1, 0.15) is 6.04 Å². The van der Waals surface area contributed by atoms with Gasteiger partial charge in [-0.3, -0.25) is 9.59 Å². The summed E-state index contributed by atoms with van der Waals surface area (Å²) in [7, 11) is 1.60. The maximum atomic E-state index is 12.9. The van der Waals surface area contributed by atoms with Crippen LogP contribution in [-0.4, -0.2) is 35.6 Å². The van der Waals surface area contributed by atoms with Gasteiger partial charge in [-0.2, -0.15) is 0 Å². The van der Waals surface area contributed by atoms with Gasteiger partial charge in [-0.25, -0.2) is 0 Å². The second kappa shape index (κ2) is 10.2. The number of carbonyl (C=O) groups is 2. The maximum absolute atomic E-state index is 12.9. The van der Waals surface area contributed by atoms with E-state index in [1.54, 1.807) is 30.6 Å². The second-order valence-electron chi connectivity index (χ2n) is 6.71. The van der Waals surface area contributed by atoms with E-state index in [2.05, 4.69) is 42.6 Å². The number of nitrogens with zero attached hydrogens (tertiary/aromatic N) is 1. The number of likely N-dealkylation sites (N-methyl/N-ethyl adjacent to an activating group) is 1. The molecule has 0 unspecified atom stereocenters. The summed E-state index contributed by atoms with van der Waals surface area (Å²) >= 11 is 1.66. The summed E-state index contributed by atoms with van der Waals surface area (Å²) in [6.07, 6.45) is 0.395. The molecule has 0 aliphatic carbocycles. The lowest BCUT2D eigenvalue weighted by Crippen LogP contribution is -2.46. The summed E-state index contributed by atoms with van der Waals surface area (Å²) in [6, 6.07) is 15.8. The molecule has 0 saturated heterocycles. The molecule has 0 bridgehead atoms. The van der Waals surface area contributed by atoms with E-state index in [0.29, 0.717) is 18.7 Å². The van der Waals surface area contributed by atoms with Crippen LogP contribution in [0.3, 0.4) is 0 Å². The molecule has 0 aromatic heterocycles. The van der Waals surface area contributed by atoms with Gasteiger partial charge in [-0.05, 0) is 38.5 Å². The van der Waals surface area contributed by atoms with Crippen molar-refractivity contribution in [3.8, 4) is 0 Å². The third-order valence-corrected chi connectivity index (χ3v) is 5.47. The zero-order valence-electron chi connectivity index (χ0n) is 16.5. The summed E-state index contributed by atoms with van der Waals surface area (Å²) < 4.78 is 0. The molecule has 0 aliphatic rings. The number of hydrogen-bond donors (Lipinski definition) is 1. The molecular formula is C22H28N2O2S. The Morgan fingerprint density at radius 1 is 1.07 bits per heavy atom. The first kappa shape index (κ1) is 21.0. The number of nitrogens with one attached hydrogen (secondary N) is 1. The Hall–Kier alpha value is -2.27. The highest BCUT2D eigenvalue weighted by Crippen LogP contribution is 2.20. The third-order valence-electron chi connectivity index (χ3n) is 4.45.